The lowest BCUT2D eigenvalue weighted by molar-refractivity contribution is -0.138. The van der Waals surface area contributed by atoms with Gasteiger partial charge >= 0.3 is 5.97 Å². The summed E-state index contributed by atoms with van der Waals surface area (Å²) >= 11 is 0. The Kier molecular flexibility index (Phi) is 4.41. The molecule has 21 heavy (non-hydrogen) atoms. The van der Waals surface area contributed by atoms with E-state index in [9.17, 15) is 18.2 Å². The van der Waals surface area contributed by atoms with Crippen molar-refractivity contribution in [1.82, 2.24) is 0 Å². The van der Waals surface area contributed by atoms with Crippen molar-refractivity contribution in [2.45, 2.75) is 25.0 Å². The third-order valence-corrected chi connectivity index (χ3v) is 5.17. The number of amides is 1. The summed E-state index contributed by atoms with van der Waals surface area (Å²) in [7, 11) is -1.34. The van der Waals surface area contributed by atoms with E-state index < -0.39 is 28.5 Å². The largest absolute Gasteiger partial charge is 0.481 e. The molecule has 3 N–H and O–H groups in total. The summed E-state index contributed by atoms with van der Waals surface area (Å²) in [6, 6.07) is 3.81. The van der Waals surface area contributed by atoms with Crippen LogP contribution in [0.5, 0.6) is 0 Å². The van der Waals surface area contributed by atoms with E-state index in [-0.39, 0.29) is 34.5 Å². The first-order valence-corrected chi connectivity index (χ1v) is 7.95. The number of benzene rings is 1. The van der Waals surface area contributed by atoms with E-state index >= 15 is 0 Å². The molecule has 2 rings (SSSR count). The predicted octanol–water partition coefficient (Wildman–Crippen LogP) is 1.43. The van der Waals surface area contributed by atoms with Gasteiger partial charge in [-0.15, -0.1) is 0 Å². The van der Waals surface area contributed by atoms with Crippen molar-refractivity contribution >= 4 is 22.7 Å². The zero-order chi connectivity index (χ0) is 15.6. The normalized spacial score (nSPS) is 17.2. The number of carboxylic acids is 1. The number of carbonyl (C=O) groups excluding carboxylic acids is 1. The van der Waals surface area contributed by atoms with Crippen molar-refractivity contribution in [2.24, 2.45) is 11.1 Å². The molecule has 1 saturated carbocycles. The molecule has 0 heterocycles. The van der Waals surface area contributed by atoms with Gasteiger partial charge in [0.05, 0.1) is 12.2 Å². The quantitative estimate of drug-likeness (QED) is 0.795. The Balaban J connectivity index is 2.00. The van der Waals surface area contributed by atoms with E-state index in [0.29, 0.717) is 0 Å². The highest BCUT2D eigenvalue weighted by molar-refractivity contribution is 7.84. The molecule has 7 heteroatoms. The van der Waals surface area contributed by atoms with Gasteiger partial charge in [-0.1, -0.05) is 6.07 Å². The average molecular weight is 313 g/mol. The maximum absolute atomic E-state index is 13.8. The monoisotopic (exact) mass is 313 g/mol. The molecule has 1 atom stereocenters. The van der Waals surface area contributed by atoms with Crippen molar-refractivity contribution in [3.63, 3.8) is 0 Å². The van der Waals surface area contributed by atoms with Gasteiger partial charge in [0.25, 0.3) is 0 Å². The molecule has 114 valence electrons. The zero-order valence-electron chi connectivity index (χ0n) is 11.3. The van der Waals surface area contributed by atoms with Crippen LogP contribution in [-0.2, 0) is 21.3 Å². The zero-order valence-corrected chi connectivity index (χ0v) is 12.1. The average Bonchev–Trinajstić information content (AvgIpc) is 3.09. The third-order valence-electron chi connectivity index (χ3n) is 3.60. The number of primary amides is 1. The summed E-state index contributed by atoms with van der Waals surface area (Å²) in [5.41, 5.74) is 4.96. The summed E-state index contributed by atoms with van der Waals surface area (Å²) in [6.45, 7) is 0. The van der Waals surface area contributed by atoms with Crippen LogP contribution in [0.1, 0.15) is 35.2 Å². The van der Waals surface area contributed by atoms with E-state index in [1.165, 1.54) is 12.1 Å². The topological polar surface area (TPSA) is 97.5 Å². The number of hydrogen-bond acceptors (Lipinski definition) is 3. The van der Waals surface area contributed by atoms with Crippen LogP contribution in [0.25, 0.3) is 0 Å². The lowest BCUT2D eigenvalue weighted by atomic mass is 10.1. The van der Waals surface area contributed by atoms with Gasteiger partial charge in [0.1, 0.15) is 5.82 Å². The maximum atomic E-state index is 13.8. The first-order valence-electron chi connectivity index (χ1n) is 6.46. The maximum Gasteiger partial charge on any atom is 0.303 e. The van der Waals surface area contributed by atoms with Gasteiger partial charge in [0.15, 0.2) is 0 Å². The fraction of sp³-hybridized carbons (Fsp3) is 0.429. The molecule has 1 aliphatic rings. The van der Waals surface area contributed by atoms with Crippen LogP contribution in [-0.4, -0.2) is 26.9 Å². The molecule has 1 amide bonds. The number of rotatable bonds is 7. The summed E-state index contributed by atoms with van der Waals surface area (Å²) < 4.78 is 25.9. The molecule has 0 aromatic heterocycles. The van der Waals surface area contributed by atoms with Gasteiger partial charge in [0, 0.05) is 27.7 Å². The van der Waals surface area contributed by atoms with Crippen molar-refractivity contribution in [2.75, 3.05) is 5.75 Å². The number of carbonyl (C=O) groups is 2. The van der Waals surface area contributed by atoms with Gasteiger partial charge in [-0.25, -0.2) is 4.39 Å². The number of halogens is 1. The second kappa shape index (κ2) is 5.93. The molecule has 1 aromatic rings. The molecule has 0 aliphatic heterocycles. The molecule has 1 unspecified atom stereocenters. The van der Waals surface area contributed by atoms with Crippen molar-refractivity contribution in [3.8, 4) is 0 Å². The van der Waals surface area contributed by atoms with Crippen LogP contribution in [0, 0.1) is 11.2 Å². The van der Waals surface area contributed by atoms with Gasteiger partial charge in [0.2, 0.25) is 5.91 Å². The summed E-state index contributed by atoms with van der Waals surface area (Å²) in [6.07, 6.45) is 1.49. The van der Waals surface area contributed by atoms with Crippen LogP contribution in [0.4, 0.5) is 4.39 Å². The van der Waals surface area contributed by atoms with Crippen LogP contribution in [0.2, 0.25) is 0 Å². The molecular weight excluding hydrogens is 297 g/mol. The lowest BCUT2D eigenvalue weighted by Crippen LogP contribution is -2.18. The first kappa shape index (κ1) is 15.6. The highest BCUT2D eigenvalue weighted by Gasteiger charge is 2.45. The number of hydrogen-bond donors (Lipinski definition) is 2. The molecule has 1 fully saturated rings. The highest BCUT2D eigenvalue weighted by atomic mass is 32.2. The molecule has 5 nitrogen and oxygen atoms in total. The smallest absolute Gasteiger partial charge is 0.303 e. The predicted molar refractivity (Wildman–Crippen MR) is 75.6 cm³/mol. The minimum absolute atomic E-state index is 0.00182. The van der Waals surface area contributed by atoms with Gasteiger partial charge in [-0.3, -0.25) is 13.8 Å². The second-order valence-electron chi connectivity index (χ2n) is 5.47. The number of nitrogens with two attached hydrogens (primary N) is 1. The van der Waals surface area contributed by atoms with E-state index in [1.807, 2.05) is 0 Å². The van der Waals surface area contributed by atoms with Crippen LogP contribution in [0.15, 0.2) is 18.2 Å². The molecule has 0 radical (unpaired) electrons. The van der Waals surface area contributed by atoms with E-state index in [4.69, 9.17) is 10.8 Å². The third kappa shape index (κ3) is 4.10. The van der Waals surface area contributed by atoms with Crippen LogP contribution < -0.4 is 5.73 Å². The lowest BCUT2D eigenvalue weighted by Gasteiger charge is -2.12. The first-order chi connectivity index (χ1) is 9.81. The molecular formula is C14H16FNO4S. The van der Waals surface area contributed by atoms with E-state index in [0.717, 1.165) is 18.9 Å². The number of aliphatic carboxylic acids is 1. The Morgan fingerprint density at radius 2 is 2.05 bits per heavy atom. The molecule has 1 aromatic carbocycles. The molecule has 1 aliphatic carbocycles. The van der Waals surface area contributed by atoms with Gasteiger partial charge in [-0.2, -0.15) is 0 Å². The van der Waals surface area contributed by atoms with E-state index in [1.54, 1.807) is 0 Å². The highest BCUT2D eigenvalue weighted by Crippen LogP contribution is 2.49. The minimum Gasteiger partial charge on any atom is -0.481 e. The Labute approximate surface area is 123 Å². The van der Waals surface area contributed by atoms with E-state index in [2.05, 4.69) is 0 Å². The standard InChI is InChI=1S/C14H16FNO4S/c15-11-5-9(13(16)19)1-2-10(11)7-21(20)8-14(3-4-14)6-12(17)18/h1-2,5H,3-4,6-8H2,(H2,16,19)(H,17,18). The summed E-state index contributed by atoms with van der Waals surface area (Å²) in [5.74, 6) is -1.98. The summed E-state index contributed by atoms with van der Waals surface area (Å²) in [4.78, 5) is 21.7. The Bertz CT molecular complexity index is 613. The number of carboxylic acid groups (broad SMARTS) is 1. The molecule has 0 spiro atoms. The van der Waals surface area contributed by atoms with Crippen molar-refractivity contribution in [1.29, 1.82) is 0 Å². The van der Waals surface area contributed by atoms with Gasteiger partial charge in [-0.05, 0) is 30.4 Å². The van der Waals surface area contributed by atoms with Crippen LogP contribution in [0.3, 0.4) is 0 Å². The van der Waals surface area contributed by atoms with Crippen molar-refractivity contribution < 1.29 is 23.3 Å². The van der Waals surface area contributed by atoms with Crippen molar-refractivity contribution in [3.05, 3.63) is 35.1 Å². The Hall–Kier alpha value is -1.76. The Morgan fingerprint density at radius 3 is 2.52 bits per heavy atom. The molecule has 0 bridgehead atoms. The molecule has 0 saturated heterocycles. The summed E-state index contributed by atoms with van der Waals surface area (Å²) in [5, 5.41) is 8.82. The minimum atomic E-state index is -1.34. The second-order valence-corrected chi connectivity index (χ2v) is 6.93. The fourth-order valence-corrected chi connectivity index (χ4v) is 4.01. The SMILES string of the molecule is NC(=O)c1ccc(CS(=O)CC2(CC(=O)O)CC2)c(F)c1. The fourth-order valence-electron chi connectivity index (χ4n) is 2.25. The van der Waals surface area contributed by atoms with Gasteiger partial charge < -0.3 is 10.8 Å². The van der Waals surface area contributed by atoms with Crippen LogP contribution >= 0.6 is 0 Å². The Morgan fingerprint density at radius 1 is 1.38 bits per heavy atom.